The van der Waals surface area contributed by atoms with Crippen molar-refractivity contribution in [2.75, 3.05) is 19.4 Å². The SMILES string of the molecule is CCc1cc(Br)cc2cnc(NC3CCC(N(C)C)CC3)nc12. The van der Waals surface area contributed by atoms with Crippen LogP contribution in [0, 0.1) is 0 Å². The van der Waals surface area contributed by atoms with Gasteiger partial charge in [0.15, 0.2) is 0 Å². The summed E-state index contributed by atoms with van der Waals surface area (Å²) >= 11 is 3.56. The molecule has 1 N–H and O–H groups in total. The van der Waals surface area contributed by atoms with Crippen molar-refractivity contribution in [2.45, 2.75) is 51.1 Å². The van der Waals surface area contributed by atoms with Gasteiger partial charge in [-0.15, -0.1) is 0 Å². The lowest BCUT2D eigenvalue weighted by atomic mass is 9.90. The molecule has 0 amide bonds. The summed E-state index contributed by atoms with van der Waals surface area (Å²) < 4.78 is 1.09. The second kappa shape index (κ2) is 7.14. The number of aryl methyl sites for hydroxylation is 1. The smallest absolute Gasteiger partial charge is 0.223 e. The van der Waals surface area contributed by atoms with Crippen LogP contribution in [0.15, 0.2) is 22.8 Å². The van der Waals surface area contributed by atoms with Crippen LogP contribution in [-0.2, 0) is 6.42 Å². The summed E-state index contributed by atoms with van der Waals surface area (Å²) in [6.45, 7) is 2.17. The molecular weight excluding hydrogens is 352 g/mol. The molecule has 0 atom stereocenters. The van der Waals surface area contributed by atoms with Crippen LogP contribution in [0.4, 0.5) is 5.95 Å². The van der Waals surface area contributed by atoms with Crippen molar-refractivity contribution in [3.8, 4) is 0 Å². The first-order valence-electron chi connectivity index (χ1n) is 8.45. The Morgan fingerprint density at radius 1 is 1.22 bits per heavy atom. The normalized spacial score (nSPS) is 21.8. The molecule has 0 unspecified atom stereocenters. The third-order valence-corrected chi connectivity index (χ3v) is 5.33. The average molecular weight is 377 g/mol. The first kappa shape index (κ1) is 16.7. The lowest BCUT2D eigenvalue weighted by Gasteiger charge is -2.32. The number of hydrogen-bond donors (Lipinski definition) is 1. The van der Waals surface area contributed by atoms with Crippen molar-refractivity contribution < 1.29 is 0 Å². The molecule has 1 aliphatic carbocycles. The number of rotatable bonds is 4. The van der Waals surface area contributed by atoms with E-state index in [2.05, 4.69) is 64.3 Å². The topological polar surface area (TPSA) is 41.1 Å². The van der Waals surface area contributed by atoms with E-state index < -0.39 is 0 Å². The Balaban J connectivity index is 1.75. The van der Waals surface area contributed by atoms with Crippen LogP contribution in [0.5, 0.6) is 0 Å². The maximum absolute atomic E-state index is 4.78. The standard InChI is InChI=1S/C18H25BrN4/c1-4-12-9-14(19)10-13-11-20-18(22-17(12)13)21-15-5-7-16(8-6-15)23(2)3/h9-11,15-16H,4-8H2,1-3H3,(H,20,21,22). The molecule has 0 saturated heterocycles. The Bertz CT molecular complexity index is 678. The monoisotopic (exact) mass is 376 g/mol. The molecule has 4 nitrogen and oxygen atoms in total. The van der Waals surface area contributed by atoms with E-state index in [0.717, 1.165) is 33.8 Å². The van der Waals surface area contributed by atoms with Gasteiger partial charge in [0.25, 0.3) is 0 Å². The lowest BCUT2D eigenvalue weighted by molar-refractivity contribution is 0.221. The molecule has 1 fully saturated rings. The number of aromatic nitrogens is 2. The van der Waals surface area contributed by atoms with Crippen LogP contribution in [0.1, 0.15) is 38.2 Å². The molecule has 124 valence electrons. The van der Waals surface area contributed by atoms with Crippen molar-refractivity contribution in [3.05, 3.63) is 28.4 Å². The largest absolute Gasteiger partial charge is 0.351 e. The van der Waals surface area contributed by atoms with E-state index in [4.69, 9.17) is 4.98 Å². The van der Waals surface area contributed by atoms with Crippen molar-refractivity contribution in [2.24, 2.45) is 0 Å². The van der Waals surface area contributed by atoms with Gasteiger partial charge in [-0.3, -0.25) is 0 Å². The predicted molar refractivity (Wildman–Crippen MR) is 100.0 cm³/mol. The van der Waals surface area contributed by atoms with E-state index >= 15 is 0 Å². The molecule has 1 heterocycles. The fourth-order valence-electron chi connectivity index (χ4n) is 3.44. The fourth-order valence-corrected chi connectivity index (χ4v) is 3.96. The summed E-state index contributed by atoms with van der Waals surface area (Å²) in [5, 5.41) is 4.64. The van der Waals surface area contributed by atoms with E-state index in [-0.39, 0.29) is 0 Å². The number of nitrogens with one attached hydrogen (secondary N) is 1. The Morgan fingerprint density at radius 3 is 2.61 bits per heavy atom. The molecule has 2 aromatic rings. The van der Waals surface area contributed by atoms with Gasteiger partial charge >= 0.3 is 0 Å². The Hall–Kier alpha value is -1.20. The van der Waals surface area contributed by atoms with Crippen LogP contribution in [0.3, 0.4) is 0 Å². The van der Waals surface area contributed by atoms with Crippen LogP contribution in [0.25, 0.3) is 10.9 Å². The Kier molecular flexibility index (Phi) is 5.17. The van der Waals surface area contributed by atoms with Gasteiger partial charge in [-0.05, 0) is 63.9 Å². The molecule has 0 bridgehead atoms. The number of fused-ring (bicyclic) bond motifs is 1. The zero-order valence-electron chi connectivity index (χ0n) is 14.1. The summed E-state index contributed by atoms with van der Waals surface area (Å²) in [4.78, 5) is 11.6. The minimum Gasteiger partial charge on any atom is -0.351 e. The molecule has 23 heavy (non-hydrogen) atoms. The number of benzene rings is 1. The van der Waals surface area contributed by atoms with Gasteiger partial charge in [-0.25, -0.2) is 9.97 Å². The number of hydrogen-bond acceptors (Lipinski definition) is 4. The predicted octanol–water partition coefficient (Wildman–Crippen LogP) is 4.24. The fraction of sp³-hybridized carbons (Fsp3) is 0.556. The molecule has 0 spiro atoms. The van der Waals surface area contributed by atoms with Gasteiger partial charge in [0.2, 0.25) is 5.95 Å². The van der Waals surface area contributed by atoms with Gasteiger partial charge in [-0.1, -0.05) is 22.9 Å². The molecule has 5 heteroatoms. The average Bonchev–Trinajstić information content (AvgIpc) is 2.55. The van der Waals surface area contributed by atoms with E-state index in [1.807, 2.05) is 6.20 Å². The van der Waals surface area contributed by atoms with Gasteiger partial charge in [0, 0.05) is 28.1 Å². The van der Waals surface area contributed by atoms with E-state index in [9.17, 15) is 0 Å². The zero-order chi connectivity index (χ0) is 16.4. The summed E-state index contributed by atoms with van der Waals surface area (Å²) in [6.07, 6.45) is 7.76. The van der Waals surface area contributed by atoms with Gasteiger partial charge < -0.3 is 10.2 Å². The van der Waals surface area contributed by atoms with Crippen molar-refractivity contribution in [1.82, 2.24) is 14.9 Å². The Labute approximate surface area is 146 Å². The summed E-state index contributed by atoms with van der Waals surface area (Å²) in [5.74, 6) is 0.767. The van der Waals surface area contributed by atoms with E-state index in [1.165, 1.54) is 31.2 Å². The maximum atomic E-state index is 4.78. The molecule has 3 rings (SSSR count). The number of halogens is 1. The Morgan fingerprint density at radius 2 is 1.96 bits per heavy atom. The quantitative estimate of drug-likeness (QED) is 0.866. The van der Waals surface area contributed by atoms with Crippen molar-refractivity contribution >= 4 is 32.8 Å². The number of anilines is 1. The molecule has 1 aromatic heterocycles. The minimum absolute atomic E-state index is 0.490. The summed E-state index contributed by atoms with van der Waals surface area (Å²) in [7, 11) is 4.35. The second-order valence-corrected chi connectivity index (χ2v) is 7.58. The highest BCUT2D eigenvalue weighted by molar-refractivity contribution is 9.10. The van der Waals surface area contributed by atoms with Gasteiger partial charge in [0.05, 0.1) is 5.52 Å². The first-order valence-corrected chi connectivity index (χ1v) is 9.24. The van der Waals surface area contributed by atoms with Gasteiger partial charge in [0.1, 0.15) is 0 Å². The minimum atomic E-state index is 0.490. The summed E-state index contributed by atoms with van der Waals surface area (Å²) in [5.41, 5.74) is 2.33. The van der Waals surface area contributed by atoms with Crippen LogP contribution in [0.2, 0.25) is 0 Å². The third kappa shape index (κ3) is 3.83. The van der Waals surface area contributed by atoms with Crippen molar-refractivity contribution in [3.63, 3.8) is 0 Å². The summed E-state index contributed by atoms with van der Waals surface area (Å²) in [6, 6.07) is 5.45. The lowest BCUT2D eigenvalue weighted by Crippen LogP contribution is -2.36. The van der Waals surface area contributed by atoms with Crippen LogP contribution in [-0.4, -0.2) is 41.0 Å². The highest BCUT2D eigenvalue weighted by atomic mass is 79.9. The molecule has 0 radical (unpaired) electrons. The van der Waals surface area contributed by atoms with E-state index in [1.54, 1.807) is 0 Å². The van der Waals surface area contributed by atoms with Gasteiger partial charge in [-0.2, -0.15) is 0 Å². The molecular formula is C18H25BrN4. The molecule has 1 saturated carbocycles. The highest BCUT2D eigenvalue weighted by Gasteiger charge is 2.22. The zero-order valence-corrected chi connectivity index (χ0v) is 15.7. The van der Waals surface area contributed by atoms with Crippen LogP contribution >= 0.6 is 15.9 Å². The maximum Gasteiger partial charge on any atom is 0.223 e. The first-order chi connectivity index (χ1) is 11.1. The molecule has 1 aromatic carbocycles. The second-order valence-electron chi connectivity index (χ2n) is 6.66. The molecule has 0 aliphatic heterocycles. The molecule has 1 aliphatic rings. The van der Waals surface area contributed by atoms with Crippen molar-refractivity contribution in [1.29, 1.82) is 0 Å². The third-order valence-electron chi connectivity index (χ3n) is 4.87. The number of nitrogens with zero attached hydrogens (tertiary/aromatic N) is 3. The highest BCUT2D eigenvalue weighted by Crippen LogP contribution is 2.26. The van der Waals surface area contributed by atoms with E-state index in [0.29, 0.717) is 6.04 Å². The van der Waals surface area contributed by atoms with Crippen LogP contribution < -0.4 is 5.32 Å².